The lowest BCUT2D eigenvalue weighted by molar-refractivity contribution is 0.346. The second-order valence-corrected chi connectivity index (χ2v) is 7.02. The van der Waals surface area contributed by atoms with Crippen LogP contribution in [0, 0.1) is 0 Å². The molecule has 0 radical (unpaired) electrons. The molecule has 0 unspecified atom stereocenters. The van der Waals surface area contributed by atoms with Crippen LogP contribution in [0.2, 0.25) is 0 Å². The summed E-state index contributed by atoms with van der Waals surface area (Å²) in [6.45, 7) is 2.71. The Labute approximate surface area is 126 Å². The number of likely N-dealkylation sites (N-methyl/N-ethyl adjacent to an activating group) is 1. The summed E-state index contributed by atoms with van der Waals surface area (Å²) in [5, 5.41) is 0. The van der Waals surface area contributed by atoms with Gasteiger partial charge in [0.25, 0.3) is 0 Å². The highest BCUT2D eigenvalue weighted by atomic mass is 32.2. The predicted molar refractivity (Wildman–Crippen MR) is 80.4 cm³/mol. The molecule has 0 amide bonds. The Morgan fingerprint density at radius 1 is 1.00 bits per heavy atom. The molecule has 118 valence electrons. The number of hydrogen-bond acceptors (Lipinski definition) is 5. The van der Waals surface area contributed by atoms with Crippen LogP contribution in [0.25, 0.3) is 0 Å². The third kappa shape index (κ3) is 3.48. The molecule has 0 N–H and O–H groups in total. The molecular formula is C14H22N2O4S. The molecule has 0 spiro atoms. The van der Waals surface area contributed by atoms with Crippen molar-refractivity contribution in [3.8, 4) is 11.5 Å². The zero-order valence-electron chi connectivity index (χ0n) is 12.7. The molecule has 2 rings (SSSR count). The second-order valence-electron chi connectivity index (χ2n) is 5.08. The van der Waals surface area contributed by atoms with E-state index in [-0.39, 0.29) is 4.90 Å². The molecule has 6 nitrogen and oxygen atoms in total. The predicted octanol–water partition coefficient (Wildman–Crippen LogP) is 1.03. The minimum absolute atomic E-state index is 0.240. The summed E-state index contributed by atoms with van der Waals surface area (Å²) >= 11 is 0. The van der Waals surface area contributed by atoms with E-state index in [1.165, 1.54) is 24.6 Å². The molecule has 0 saturated carbocycles. The fraction of sp³-hybridized carbons (Fsp3) is 0.571. The van der Waals surface area contributed by atoms with Crippen molar-refractivity contribution in [2.75, 3.05) is 47.4 Å². The van der Waals surface area contributed by atoms with E-state index in [2.05, 4.69) is 4.90 Å². The summed E-state index contributed by atoms with van der Waals surface area (Å²) in [4.78, 5) is 2.38. The van der Waals surface area contributed by atoms with E-state index in [9.17, 15) is 8.42 Å². The van der Waals surface area contributed by atoms with Crippen molar-refractivity contribution in [2.45, 2.75) is 11.3 Å². The van der Waals surface area contributed by atoms with Gasteiger partial charge in [-0.15, -0.1) is 0 Å². The average Bonchev–Trinajstić information content (AvgIpc) is 2.71. The van der Waals surface area contributed by atoms with E-state index in [1.54, 1.807) is 12.1 Å². The zero-order chi connectivity index (χ0) is 15.5. The van der Waals surface area contributed by atoms with Crippen LogP contribution in [0.5, 0.6) is 11.5 Å². The molecule has 0 atom stereocenters. The van der Waals surface area contributed by atoms with Gasteiger partial charge in [0.05, 0.1) is 19.1 Å². The minimum Gasteiger partial charge on any atom is -0.493 e. The molecule has 0 aliphatic carbocycles. The lowest BCUT2D eigenvalue weighted by Crippen LogP contribution is -2.34. The summed E-state index contributed by atoms with van der Waals surface area (Å²) in [5.74, 6) is 0.942. The number of rotatable bonds is 4. The lowest BCUT2D eigenvalue weighted by Gasteiger charge is -2.20. The third-order valence-electron chi connectivity index (χ3n) is 3.67. The van der Waals surface area contributed by atoms with E-state index >= 15 is 0 Å². The van der Waals surface area contributed by atoms with Gasteiger partial charge in [-0.3, -0.25) is 0 Å². The first-order valence-electron chi connectivity index (χ1n) is 6.89. The molecule has 1 aromatic carbocycles. The molecule has 1 heterocycles. The summed E-state index contributed by atoms with van der Waals surface area (Å²) < 4.78 is 37.3. The van der Waals surface area contributed by atoms with E-state index in [1.807, 2.05) is 7.05 Å². The van der Waals surface area contributed by atoms with Crippen LogP contribution in [0.3, 0.4) is 0 Å². The SMILES string of the molecule is COc1ccc(S(=O)(=O)N2CCCN(C)CC2)cc1OC. The molecule has 0 bridgehead atoms. The number of nitrogens with zero attached hydrogens (tertiary/aromatic N) is 2. The van der Waals surface area contributed by atoms with Gasteiger partial charge in [-0.1, -0.05) is 0 Å². The van der Waals surface area contributed by atoms with Gasteiger partial charge in [0.2, 0.25) is 10.0 Å². The number of benzene rings is 1. The van der Waals surface area contributed by atoms with Crippen molar-refractivity contribution in [1.29, 1.82) is 0 Å². The molecule has 1 saturated heterocycles. The standard InChI is InChI=1S/C14H22N2O4S/c1-15-7-4-8-16(10-9-15)21(17,18)12-5-6-13(19-2)14(11-12)20-3/h5-6,11H,4,7-10H2,1-3H3. The van der Waals surface area contributed by atoms with Crippen LogP contribution >= 0.6 is 0 Å². The van der Waals surface area contributed by atoms with Gasteiger partial charge >= 0.3 is 0 Å². The quantitative estimate of drug-likeness (QED) is 0.831. The molecule has 1 aliphatic heterocycles. The molecule has 21 heavy (non-hydrogen) atoms. The highest BCUT2D eigenvalue weighted by Crippen LogP contribution is 2.30. The van der Waals surface area contributed by atoms with Gasteiger partial charge in [0.1, 0.15) is 0 Å². The zero-order valence-corrected chi connectivity index (χ0v) is 13.5. The normalized spacial score (nSPS) is 18.2. The van der Waals surface area contributed by atoms with Gasteiger partial charge in [-0.05, 0) is 32.1 Å². The molecule has 1 aromatic rings. The van der Waals surface area contributed by atoms with Crippen LogP contribution in [-0.4, -0.2) is 65.1 Å². The van der Waals surface area contributed by atoms with Crippen LogP contribution in [0.15, 0.2) is 23.1 Å². The van der Waals surface area contributed by atoms with Crippen molar-refractivity contribution in [3.63, 3.8) is 0 Å². The fourth-order valence-corrected chi connectivity index (χ4v) is 3.87. The summed E-state index contributed by atoms with van der Waals surface area (Å²) in [5.41, 5.74) is 0. The maximum absolute atomic E-state index is 12.7. The Balaban J connectivity index is 2.30. The monoisotopic (exact) mass is 314 g/mol. The maximum atomic E-state index is 12.7. The molecular weight excluding hydrogens is 292 g/mol. The highest BCUT2D eigenvalue weighted by molar-refractivity contribution is 7.89. The summed E-state index contributed by atoms with van der Waals surface area (Å²) in [6.07, 6.45) is 0.836. The smallest absolute Gasteiger partial charge is 0.243 e. The van der Waals surface area contributed by atoms with Gasteiger partial charge in [0, 0.05) is 25.7 Å². The van der Waals surface area contributed by atoms with E-state index in [0.717, 1.165) is 19.5 Å². The number of hydrogen-bond donors (Lipinski definition) is 0. The van der Waals surface area contributed by atoms with Gasteiger partial charge in [-0.25, -0.2) is 8.42 Å². The van der Waals surface area contributed by atoms with Crippen molar-refractivity contribution in [1.82, 2.24) is 9.21 Å². The Bertz CT molecular complexity index is 589. The number of sulfonamides is 1. The van der Waals surface area contributed by atoms with E-state index < -0.39 is 10.0 Å². The second kappa shape index (κ2) is 6.64. The molecule has 0 aromatic heterocycles. The average molecular weight is 314 g/mol. The van der Waals surface area contributed by atoms with Crippen LogP contribution in [-0.2, 0) is 10.0 Å². The van der Waals surface area contributed by atoms with Gasteiger partial charge < -0.3 is 14.4 Å². The first-order chi connectivity index (χ1) is 9.98. The Morgan fingerprint density at radius 2 is 1.71 bits per heavy atom. The van der Waals surface area contributed by atoms with Crippen molar-refractivity contribution in [2.24, 2.45) is 0 Å². The summed E-state index contributed by atoms with van der Waals surface area (Å²) in [7, 11) is 1.53. The topological polar surface area (TPSA) is 59.1 Å². The van der Waals surface area contributed by atoms with Crippen LogP contribution < -0.4 is 9.47 Å². The van der Waals surface area contributed by atoms with Crippen LogP contribution in [0.1, 0.15) is 6.42 Å². The highest BCUT2D eigenvalue weighted by Gasteiger charge is 2.27. The third-order valence-corrected chi connectivity index (χ3v) is 5.57. The Kier molecular flexibility index (Phi) is 5.08. The molecule has 1 aliphatic rings. The van der Waals surface area contributed by atoms with Crippen molar-refractivity contribution in [3.05, 3.63) is 18.2 Å². The van der Waals surface area contributed by atoms with Crippen molar-refractivity contribution >= 4 is 10.0 Å². The van der Waals surface area contributed by atoms with Gasteiger partial charge in [-0.2, -0.15) is 4.31 Å². The fourth-order valence-electron chi connectivity index (χ4n) is 2.39. The van der Waals surface area contributed by atoms with E-state index in [4.69, 9.17) is 9.47 Å². The van der Waals surface area contributed by atoms with Crippen LogP contribution in [0.4, 0.5) is 0 Å². The first-order valence-corrected chi connectivity index (χ1v) is 8.33. The molecule has 7 heteroatoms. The summed E-state index contributed by atoms with van der Waals surface area (Å²) in [6, 6.07) is 4.70. The van der Waals surface area contributed by atoms with Crippen molar-refractivity contribution < 1.29 is 17.9 Å². The minimum atomic E-state index is -3.50. The first kappa shape index (κ1) is 16.1. The maximum Gasteiger partial charge on any atom is 0.243 e. The Morgan fingerprint density at radius 3 is 2.38 bits per heavy atom. The number of ether oxygens (including phenoxy) is 2. The molecule has 1 fully saturated rings. The lowest BCUT2D eigenvalue weighted by atomic mass is 10.3. The largest absolute Gasteiger partial charge is 0.493 e. The Hall–Kier alpha value is -1.31. The van der Waals surface area contributed by atoms with E-state index in [0.29, 0.717) is 24.6 Å². The number of methoxy groups -OCH3 is 2. The van der Waals surface area contributed by atoms with Gasteiger partial charge in [0.15, 0.2) is 11.5 Å².